The van der Waals surface area contributed by atoms with E-state index in [9.17, 15) is 15.2 Å². The van der Waals surface area contributed by atoms with Crippen molar-refractivity contribution in [2.24, 2.45) is 0 Å². The van der Waals surface area contributed by atoms with E-state index in [1.165, 1.54) is 12.4 Å². The number of hydrogen-bond acceptors (Lipinski definition) is 6. The van der Waals surface area contributed by atoms with E-state index in [0.29, 0.717) is 17.8 Å². The van der Waals surface area contributed by atoms with Gasteiger partial charge in [-0.05, 0) is 54.9 Å². The second-order valence-corrected chi connectivity index (χ2v) is 10.4. The monoisotopic (exact) mass is 537 g/mol. The van der Waals surface area contributed by atoms with Crippen molar-refractivity contribution in [3.05, 3.63) is 100 Å². The second-order valence-electron chi connectivity index (χ2n) is 10.4. The van der Waals surface area contributed by atoms with Crippen LogP contribution in [0.25, 0.3) is 16.9 Å². The van der Waals surface area contributed by atoms with Crippen molar-refractivity contribution in [3.63, 3.8) is 0 Å². The topological polar surface area (TPSA) is 105 Å². The highest BCUT2D eigenvalue weighted by molar-refractivity contribution is 5.70. The van der Waals surface area contributed by atoms with Crippen LogP contribution in [0.2, 0.25) is 0 Å². The molecule has 0 saturated heterocycles. The van der Waals surface area contributed by atoms with Crippen LogP contribution < -0.4 is 5.56 Å². The molecule has 0 radical (unpaired) electrons. The van der Waals surface area contributed by atoms with Crippen LogP contribution in [-0.4, -0.2) is 43.1 Å². The Bertz CT molecular complexity index is 1570. The van der Waals surface area contributed by atoms with Crippen LogP contribution in [0.5, 0.6) is 0 Å². The summed E-state index contributed by atoms with van der Waals surface area (Å²) in [5, 5.41) is 23.8. The van der Waals surface area contributed by atoms with Gasteiger partial charge >= 0.3 is 0 Å². The number of benzene rings is 2. The van der Waals surface area contributed by atoms with Crippen molar-refractivity contribution in [2.75, 3.05) is 6.61 Å². The SMILES string of the molecule is C=CC(O)COC1CCC(n2c(=O)c(Cc3ccc(-c4ccccc4C#N)cc3)c(CCC)n3ncnc23)CC1. The molecule has 1 unspecified atom stereocenters. The molecule has 40 heavy (non-hydrogen) atoms. The van der Waals surface area contributed by atoms with Crippen LogP contribution in [0.4, 0.5) is 0 Å². The smallest absolute Gasteiger partial charge is 0.259 e. The third-order valence-electron chi connectivity index (χ3n) is 7.79. The van der Waals surface area contributed by atoms with Crippen LogP contribution in [0.3, 0.4) is 0 Å². The van der Waals surface area contributed by atoms with Crippen molar-refractivity contribution in [1.82, 2.24) is 19.2 Å². The summed E-state index contributed by atoms with van der Waals surface area (Å²) >= 11 is 0. The van der Waals surface area contributed by atoms with Gasteiger partial charge in [-0.2, -0.15) is 15.3 Å². The number of ether oxygens (including phenoxy) is 1. The van der Waals surface area contributed by atoms with Crippen LogP contribution in [0.15, 0.2) is 72.3 Å². The second kappa shape index (κ2) is 12.4. The number of fused-ring (bicyclic) bond motifs is 1. The highest BCUT2D eigenvalue weighted by atomic mass is 16.5. The zero-order valence-corrected chi connectivity index (χ0v) is 22.9. The number of hydrogen-bond donors (Lipinski definition) is 1. The van der Waals surface area contributed by atoms with Gasteiger partial charge in [-0.25, -0.2) is 4.52 Å². The van der Waals surface area contributed by atoms with Crippen molar-refractivity contribution in [3.8, 4) is 17.2 Å². The molecule has 1 aliphatic rings. The molecule has 1 N–H and O–H groups in total. The Morgan fingerprint density at radius 1 is 1.18 bits per heavy atom. The molecule has 1 atom stereocenters. The third-order valence-corrected chi connectivity index (χ3v) is 7.79. The quantitative estimate of drug-likeness (QED) is 0.285. The lowest BCUT2D eigenvalue weighted by atomic mass is 9.92. The highest BCUT2D eigenvalue weighted by Gasteiger charge is 2.28. The fraction of sp³-hybridized carbons (Fsp3) is 0.375. The lowest BCUT2D eigenvalue weighted by Gasteiger charge is -2.31. The summed E-state index contributed by atoms with van der Waals surface area (Å²) in [6, 6.07) is 17.9. The molecule has 5 rings (SSSR count). The van der Waals surface area contributed by atoms with Gasteiger partial charge in [0, 0.05) is 18.0 Å². The summed E-state index contributed by atoms with van der Waals surface area (Å²) < 4.78 is 9.56. The summed E-state index contributed by atoms with van der Waals surface area (Å²) in [6.07, 6.45) is 7.68. The Kier molecular flexibility index (Phi) is 8.54. The van der Waals surface area contributed by atoms with Crippen LogP contribution >= 0.6 is 0 Å². The number of nitriles is 1. The van der Waals surface area contributed by atoms with E-state index in [4.69, 9.17) is 4.74 Å². The average Bonchev–Trinajstić information content (AvgIpc) is 3.48. The van der Waals surface area contributed by atoms with Gasteiger partial charge < -0.3 is 9.84 Å². The first-order valence-electron chi connectivity index (χ1n) is 14.0. The maximum Gasteiger partial charge on any atom is 0.259 e. The molecule has 2 heterocycles. The summed E-state index contributed by atoms with van der Waals surface area (Å²) in [6.45, 7) is 5.94. The molecule has 4 aromatic rings. The largest absolute Gasteiger partial charge is 0.387 e. The number of nitrogens with zero attached hydrogens (tertiary/aromatic N) is 5. The van der Waals surface area contributed by atoms with Gasteiger partial charge in [-0.15, -0.1) is 6.58 Å². The molecule has 0 spiro atoms. The molecule has 1 saturated carbocycles. The zero-order chi connectivity index (χ0) is 28.1. The molecule has 8 heteroatoms. The fourth-order valence-electron chi connectivity index (χ4n) is 5.69. The molecular weight excluding hydrogens is 502 g/mol. The Hall–Kier alpha value is -4.06. The standard InChI is InChI=1S/C32H35N5O3/c1-3-7-30-29(18-22-10-12-23(13-11-22)28-9-6-5-8-24(28)19-33)31(39)36(32-34-21-35-37(30)32)25-14-16-27(17-15-25)40-20-26(38)4-2/h4-6,8-13,21,25-27,38H,2-3,7,14-18,20H2,1H3. The molecule has 0 bridgehead atoms. The van der Waals surface area contributed by atoms with Crippen molar-refractivity contribution >= 4 is 5.78 Å². The maximum absolute atomic E-state index is 14.2. The molecular formula is C32H35N5O3. The van der Waals surface area contributed by atoms with E-state index < -0.39 is 6.10 Å². The lowest BCUT2D eigenvalue weighted by Crippen LogP contribution is -2.35. The van der Waals surface area contributed by atoms with Gasteiger partial charge in [0.2, 0.25) is 5.78 Å². The van der Waals surface area contributed by atoms with Crippen molar-refractivity contribution in [1.29, 1.82) is 5.26 Å². The van der Waals surface area contributed by atoms with Gasteiger partial charge in [0.1, 0.15) is 6.33 Å². The van der Waals surface area contributed by atoms with Crippen LogP contribution in [-0.2, 0) is 17.6 Å². The number of rotatable bonds is 10. The Morgan fingerprint density at radius 3 is 2.62 bits per heavy atom. The van der Waals surface area contributed by atoms with E-state index in [1.54, 1.807) is 0 Å². The Morgan fingerprint density at radius 2 is 1.93 bits per heavy atom. The molecule has 206 valence electrons. The van der Waals surface area contributed by atoms with E-state index >= 15 is 0 Å². The molecule has 1 aliphatic carbocycles. The first-order chi connectivity index (χ1) is 19.5. The van der Waals surface area contributed by atoms with Crippen LogP contribution in [0, 0.1) is 11.3 Å². The first kappa shape index (κ1) is 27.5. The van der Waals surface area contributed by atoms with Gasteiger partial charge in [-0.3, -0.25) is 9.36 Å². The summed E-state index contributed by atoms with van der Waals surface area (Å²) in [5.74, 6) is 0.590. The Labute approximate surface area is 234 Å². The molecule has 2 aromatic carbocycles. The molecule has 8 nitrogen and oxygen atoms in total. The van der Waals surface area contributed by atoms with Gasteiger partial charge in [0.25, 0.3) is 5.56 Å². The number of aliphatic hydroxyl groups is 1. The molecule has 2 aromatic heterocycles. The zero-order valence-electron chi connectivity index (χ0n) is 22.9. The summed E-state index contributed by atoms with van der Waals surface area (Å²) in [7, 11) is 0. The minimum atomic E-state index is -0.667. The Balaban J connectivity index is 1.45. The van der Waals surface area contributed by atoms with E-state index in [2.05, 4.69) is 29.7 Å². The maximum atomic E-state index is 14.2. The normalized spacial score (nSPS) is 17.9. The minimum absolute atomic E-state index is 0.00247. The molecule has 0 amide bonds. The summed E-state index contributed by atoms with van der Waals surface area (Å²) in [5.41, 5.74) is 5.18. The minimum Gasteiger partial charge on any atom is -0.387 e. The average molecular weight is 538 g/mol. The van der Waals surface area contributed by atoms with E-state index in [1.807, 2.05) is 57.6 Å². The fourth-order valence-corrected chi connectivity index (χ4v) is 5.69. The predicted molar refractivity (Wildman–Crippen MR) is 154 cm³/mol. The number of aromatic nitrogens is 4. The highest BCUT2D eigenvalue weighted by Crippen LogP contribution is 2.31. The third kappa shape index (κ3) is 5.62. The molecule has 1 fully saturated rings. The first-order valence-corrected chi connectivity index (χ1v) is 14.0. The van der Waals surface area contributed by atoms with Crippen LogP contribution in [0.1, 0.15) is 67.5 Å². The van der Waals surface area contributed by atoms with E-state index in [-0.39, 0.29) is 24.3 Å². The lowest BCUT2D eigenvalue weighted by molar-refractivity contribution is -0.0158. The van der Waals surface area contributed by atoms with E-state index in [0.717, 1.165) is 66.5 Å². The van der Waals surface area contributed by atoms with Crippen molar-refractivity contribution < 1.29 is 9.84 Å². The van der Waals surface area contributed by atoms with Gasteiger partial charge in [-0.1, -0.05) is 61.9 Å². The molecule has 0 aliphatic heterocycles. The number of aryl methyl sites for hydroxylation is 1. The number of aliphatic hydroxyl groups excluding tert-OH is 1. The van der Waals surface area contributed by atoms with Crippen molar-refractivity contribution in [2.45, 2.75) is 70.1 Å². The summed E-state index contributed by atoms with van der Waals surface area (Å²) in [4.78, 5) is 18.7. The van der Waals surface area contributed by atoms with Gasteiger partial charge in [0.15, 0.2) is 0 Å². The predicted octanol–water partition coefficient (Wildman–Crippen LogP) is 5.02. The van der Waals surface area contributed by atoms with Gasteiger partial charge in [0.05, 0.1) is 36.1 Å².